The molecule has 0 saturated heterocycles. The zero-order chi connectivity index (χ0) is 23.3. The predicted molar refractivity (Wildman–Crippen MR) is 125 cm³/mol. The molecule has 0 saturated carbocycles. The third-order valence-electron chi connectivity index (χ3n) is 4.56. The van der Waals surface area contributed by atoms with Crippen molar-refractivity contribution in [1.29, 1.82) is 0 Å². The maximum Gasteiger partial charge on any atom is 0.269 e. The Labute approximate surface area is 189 Å². The van der Waals surface area contributed by atoms with Gasteiger partial charge < -0.3 is 10.6 Å². The Morgan fingerprint density at radius 2 is 1.75 bits per heavy atom. The summed E-state index contributed by atoms with van der Waals surface area (Å²) < 4.78 is 1.51. The molecule has 1 unspecified atom stereocenters. The number of non-ortho nitro benzene ring substituents is 1. The number of nitro groups is 1. The topological polar surface area (TPSA) is 119 Å². The molecule has 166 valence electrons. The Kier molecular flexibility index (Phi) is 7.26. The number of aromatic nitrogens is 2. The molecular formula is C22H23N5O4S. The summed E-state index contributed by atoms with van der Waals surface area (Å²) in [6, 6.07) is 15.1. The maximum atomic E-state index is 12.7. The van der Waals surface area contributed by atoms with Crippen LogP contribution in [-0.2, 0) is 9.59 Å². The van der Waals surface area contributed by atoms with Crippen LogP contribution < -0.4 is 10.6 Å². The average Bonchev–Trinajstić information content (AvgIpc) is 3.13. The first kappa shape index (κ1) is 23.0. The number of nitrogens with one attached hydrogen (secondary N) is 2. The SMILES string of the molecule is Cc1ccc(NC(=O)CSC(C)C(=O)Nc2cc(C)nn2-c2ccc([N+](=O)[O-])cc2)cc1. The Balaban J connectivity index is 1.59. The summed E-state index contributed by atoms with van der Waals surface area (Å²) in [7, 11) is 0. The minimum absolute atomic E-state index is 0.0304. The highest BCUT2D eigenvalue weighted by atomic mass is 32.2. The highest BCUT2D eigenvalue weighted by Gasteiger charge is 2.18. The van der Waals surface area contributed by atoms with E-state index in [9.17, 15) is 19.7 Å². The number of anilines is 2. The smallest absolute Gasteiger partial charge is 0.269 e. The van der Waals surface area contributed by atoms with Crippen LogP contribution >= 0.6 is 11.8 Å². The maximum absolute atomic E-state index is 12.7. The zero-order valence-electron chi connectivity index (χ0n) is 17.9. The van der Waals surface area contributed by atoms with Gasteiger partial charge in [-0.3, -0.25) is 19.7 Å². The Morgan fingerprint density at radius 1 is 1.09 bits per heavy atom. The van der Waals surface area contributed by atoms with E-state index in [0.717, 1.165) is 5.56 Å². The predicted octanol–water partition coefficient (Wildman–Crippen LogP) is 4.10. The molecule has 2 aromatic carbocycles. The monoisotopic (exact) mass is 453 g/mol. The first-order chi connectivity index (χ1) is 15.2. The van der Waals surface area contributed by atoms with Crippen molar-refractivity contribution in [2.24, 2.45) is 0 Å². The molecule has 0 fully saturated rings. The minimum Gasteiger partial charge on any atom is -0.325 e. The van der Waals surface area contributed by atoms with Gasteiger partial charge in [-0.15, -0.1) is 11.8 Å². The van der Waals surface area contributed by atoms with Crippen LogP contribution in [0.3, 0.4) is 0 Å². The standard InChI is InChI=1S/C22H23N5O4S/c1-14-4-6-17(7-5-14)23-21(28)13-32-16(3)22(29)24-20-12-15(2)25-26(20)18-8-10-19(11-9-18)27(30)31/h4-12,16H,13H2,1-3H3,(H,23,28)(H,24,29). The molecule has 32 heavy (non-hydrogen) atoms. The number of aryl methyl sites for hydroxylation is 2. The van der Waals surface area contributed by atoms with Crippen LogP contribution in [0.5, 0.6) is 0 Å². The molecule has 3 aromatic rings. The summed E-state index contributed by atoms with van der Waals surface area (Å²) in [5.41, 5.74) is 3.04. The van der Waals surface area contributed by atoms with Gasteiger partial charge in [0, 0.05) is 23.9 Å². The van der Waals surface area contributed by atoms with E-state index in [-0.39, 0.29) is 23.3 Å². The van der Waals surface area contributed by atoms with Crippen molar-refractivity contribution in [3.63, 3.8) is 0 Å². The Hall–Kier alpha value is -3.66. The van der Waals surface area contributed by atoms with Gasteiger partial charge in [0.05, 0.1) is 27.3 Å². The minimum atomic E-state index is -0.487. The second-order valence-electron chi connectivity index (χ2n) is 7.21. The van der Waals surface area contributed by atoms with Crippen molar-refractivity contribution in [1.82, 2.24) is 9.78 Å². The molecular weight excluding hydrogens is 430 g/mol. The fourth-order valence-electron chi connectivity index (χ4n) is 2.84. The van der Waals surface area contributed by atoms with Crippen molar-refractivity contribution in [2.45, 2.75) is 26.0 Å². The number of rotatable bonds is 8. The van der Waals surface area contributed by atoms with Gasteiger partial charge in [-0.25, -0.2) is 4.68 Å². The molecule has 1 atom stereocenters. The van der Waals surface area contributed by atoms with Crippen LogP contribution in [0.4, 0.5) is 17.2 Å². The second-order valence-corrected chi connectivity index (χ2v) is 8.54. The van der Waals surface area contributed by atoms with Gasteiger partial charge in [0.25, 0.3) is 5.69 Å². The fourth-order valence-corrected chi connectivity index (χ4v) is 3.52. The molecule has 0 spiro atoms. The van der Waals surface area contributed by atoms with Gasteiger partial charge in [-0.05, 0) is 45.0 Å². The lowest BCUT2D eigenvalue weighted by atomic mass is 10.2. The summed E-state index contributed by atoms with van der Waals surface area (Å²) >= 11 is 1.22. The third kappa shape index (κ3) is 5.94. The van der Waals surface area contributed by atoms with Gasteiger partial charge in [0.2, 0.25) is 11.8 Å². The van der Waals surface area contributed by atoms with E-state index in [1.54, 1.807) is 32.0 Å². The van der Waals surface area contributed by atoms with Crippen LogP contribution in [0.1, 0.15) is 18.2 Å². The average molecular weight is 454 g/mol. The molecule has 0 aliphatic heterocycles. The van der Waals surface area contributed by atoms with Crippen molar-refractivity contribution in [3.8, 4) is 5.69 Å². The van der Waals surface area contributed by atoms with Gasteiger partial charge in [0.15, 0.2) is 0 Å². The van der Waals surface area contributed by atoms with E-state index < -0.39 is 10.2 Å². The highest BCUT2D eigenvalue weighted by molar-refractivity contribution is 8.01. The van der Waals surface area contributed by atoms with Crippen LogP contribution in [0.2, 0.25) is 0 Å². The highest BCUT2D eigenvalue weighted by Crippen LogP contribution is 2.21. The Morgan fingerprint density at radius 3 is 2.38 bits per heavy atom. The van der Waals surface area contributed by atoms with Crippen molar-refractivity contribution >= 4 is 40.8 Å². The number of amides is 2. The normalized spacial score (nSPS) is 11.6. The molecule has 3 rings (SSSR count). The summed E-state index contributed by atoms with van der Waals surface area (Å²) in [5.74, 6) is 0.104. The third-order valence-corrected chi connectivity index (χ3v) is 5.70. The fraction of sp³-hybridized carbons (Fsp3) is 0.227. The molecule has 9 nitrogen and oxygen atoms in total. The van der Waals surface area contributed by atoms with Crippen molar-refractivity contribution in [2.75, 3.05) is 16.4 Å². The molecule has 2 N–H and O–H groups in total. The summed E-state index contributed by atoms with van der Waals surface area (Å²) in [6.45, 7) is 5.47. The molecule has 10 heteroatoms. The van der Waals surface area contributed by atoms with Crippen LogP contribution in [0.25, 0.3) is 5.69 Å². The van der Waals surface area contributed by atoms with Gasteiger partial charge in [-0.1, -0.05) is 17.7 Å². The van der Waals surface area contributed by atoms with E-state index in [2.05, 4.69) is 15.7 Å². The van der Waals surface area contributed by atoms with Gasteiger partial charge in [0.1, 0.15) is 5.82 Å². The quantitative estimate of drug-likeness (QED) is 0.392. The van der Waals surface area contributed by atoms with E-state index in [1.807, 2.05) is 31.2 Å². The van der Waals surface area contributed by atoms with Crippen LogP contribution in [0, 0.1) is 24.0 Å². The number of hydrogen-bond acceptors (Lipinski definition) is 6. The number of thioether (sulfide) groups is 1. The first-order valence-electron chi connectivity index (χ1n) is 9.83. The number of benzene rings is 2. The number of hydrogen-bond donors (Lipinski definition) is 2. The van der Waals surface area contributed by atoms with Gasteiger partial charge >= 0.3 is 0 Å². The number of carbonyl (C=O) groups excluding carboxylic acids is 2. The molecule has 0 aliphatic carbocycles. The largest absolute Gasteiger partial charge is 0.325 e. The Bertz CT molecular complexity index is 1130. The van der Waals surface area contributed by atoms with Crippen LogP contribution in [-0.4, -0.2) is 37.5 Å². The number of nitro benzene ring substituents is 1. The van der Waals surface area contributed by atoms with Crippen LogP contribution in [0.15, 0.2) is 54.6 Å². The first-order valence-corrected chi connectivity index (χ1v) is 10.9. The molecule has 0 aliphatic rings. The summed E-state index contributed by atoms with van der Waals surface area (Å²) in [5, 5.41) is 20.4. The molecule has 0 bridgehead atoms. The van der Waals surface area contributed by atoms with E-state index >= 15 is 0 Å². The lowest BCUT2D eigenvalue weighted by Gasteiger charge is -2.13. The lowest BCUT2D eigenvalue weighted by molar-refractivity contribution is -0.384. The number of carbonyl (C=O) groups is 2. The van der Waals surface area contributed by atoms with Crippen molar-refractivity contribution < 1.29 is 14.5 Å². The lowest BCUT2D eigenvalue weighted by Crippen LogP contribution is -2.26. The van der Waals surface area contributed by atoms with E-state index in [4.69, 9.17) is 0 Å². The molecule has 0 radical (unpaired) electrons. The van der Waals surface area contributed by atoms with Crippen molar-refractivity contribution in [3.05, 3.63) is 76.0 Å². The van der Waals surface area contributed by atoms with Gasteiger partial charge in [-0.2, -0.15) is 5.10 Å². The van der Waals surface area contributed by atoms with E-state index in [1.165, 1.54) is 28.6 Å². The molecule has 1 heterocycles. The van der Waals surface area contributed by atoms with E-state index in [0.29, 0.717) is 22.9 Å². The molecule has 1 aromatic heterocycles. The summed E-state index contributed by atoms with van der Waals surface area (Å²) in [4.78, 5) is 35.2. The zero-order valence-corrected chi connectivity index (χ0v) is 18.7. The second kappa shape index (κ2) is 10.1. The number of nitrogens with zero attached hydrogens (tertiary/aromatic N) is 3. The molecule has 2 amide bonds. The summed E-state index contributed by atoms with van der Waals surface area (Å²) in [6.07, 6.45) is 0.